The van der Waals surface area contributed by atoms with Crippen molar-refractivity contribution >= 4 is 11.8 Å². The van der Waals surface area contributed by atoms with Gasteiger partial charge in [-0.3, -0.25) is 0 Å². The number of carbonyl (C=O) groups is 1. The van der Waals surface area contributed by atoms with Crippen LogP contribution in [0.1, 0.15) is 27.2 Å². The second-order valence-corrected chi connectivity index (χ2v) is 6.31. The van der Waals surface area contributed by atoms with Crippen molar-refractivity contribution in [3.63, 3.8) is 0 Å². The van der Waals surface area contributed by atoms with E-state index in [9.17, 15) is 10.0 Å². The quantitative estimate of drug-likeness (QED) is 0.798. The number of rotatable bonds is 3. The molecule has 0 aromatic carbocycles. The largest absolute Gasteiger partial charge is 0.758 e. The van der Waals surface area contributed by atoms with E-state index >= 15 is 0 Å². The standard InChI is InChI=1S/C15H22N3O4/c1-15(2,3)22-14(19)18-8-7-12(10-18)21-13-6-5-11(9-16-13)17(4)20/h5-6,9,12H,7-8,10H2,1-4H3/q-1/t12-/m0/s1. The minimum absolute atomic E-state index is 0.115. The van der Waals surface area contributed by atoms with Gasteiger partial charge < -0.3 is 24.6 Å². The van der Waals surface area contributed by atoms with Crippen LogP contribution in [0.4, 0.5) is 10.5 Å². The van der Waals surface area contributed by atoms with Gasteiger partial charge in [0, 0.05) is 24.7 Å². The average Bonchev–Trinajstić information content (AvgIpc) is 2.86. The van der Waals surface area contributed by atoms with Gasteiger partial charge in [0.05, 0.1) is 12.7 Å². The molecule has 2 heterocycles. The highest BCUT2D eigenvalue weighted by atomic mass is 16.6. The topological polar surface area (TPSA) is 78.0 Å². The van der Waals surface area contributed by atoms with Gasteiger partial charge in [-0.25, -0.2) is 9.78 Å². The number of hydrogen-bond acceptors (Lipinski definition) is 6. The number of amides is 1. The number of likely N-dealkylation sites (tertiary alicyclic amines) is 1. The SMILES string of the molecule is CN([O-])c1ccc(O[C@H]2CCN(C(=O)OC(C)(C)C)C2)nc1. The fourth-order valence-corrected chi connectivity index (χ4v) is 2.12. The summed E-state index contributed by atoms with van der Waals surface area (Å²) in [5.41, 5.74) is -0.0354. The van der Waals surface area contributed by atoms with Crippen LogP contribution >= 0.6 is 0 Å². The normalized spacial score (nSPS) is 18.2. The van der Waals surface area contributed by atoms with Crippen LogP contribution in [0.3, 0.4) is 0 Å². The van der Waals surface area contributed by atoms with Gasteiger partial charge >= 0.3 is 6.09 Å². The Bertz CT molecular complexity index is 511. The molecule has 2 rings (SSSR count). The Labute approximate surface area is 130 Å². The van der Waals surface area contributed by atoms with Crippen molar-refractivity contribution in [3.8, 4) is 5.88 Å². The molecule has 0 bridgehead atoms. The van der Waals surface area contributed by atoms with E-state index in [4.69, 9.17) is 9.47 Å². The second-order valence-electron chi connectivity index (χ2n) is 6.31. The molecule has 1 amide bonds. The number of pyridine rings is 1. The van der Waals surface area contributed by atoms with Crippen LogP contribution in [-0.4, -0.2) is 47.8 Å². The maximum absolute atomic E-state index is 12.0. The Morgan fingerprint density at radius 2 is 2.18 bits per heavy atom. The molecule has 1 saturated heterocycles. The minimum atomic E-state index is -0.502. The van der Waals surface area contributed by atoms with Gasteiger partial charge in [-0.1, -0.05) is 0 Å². The molecule has 122 valence electrons. The highest BCUT2D eigenvalue weighted by Gasteiger charge is 2.31. The lowest BCUT2D eigenvalue weighted by atomic mass is 10.2. The van der Waals surface area contributed by atoms with Crippen LogP contribution < -0.4 is 9.80 Å². The fourth-order valence-electron chi connectivity index (χ4n) is 2.12. The van der Waals surface area contributed by atoms with Gasteiger partial charge in [-0.2, -0.15) is 0 Å². The molecule has 0 spiro atoms. The first-order valence-corrected chi connectivity index (χ1v) is 7.26. The summed E-state index contributed by atoms with van der Waals surface area (Å²) in [5.74, 6) is 0.446. The Balaban J connectivity index is 1.87. The van der Waals surface area contributed by atoms with Crippen LogP contribution in [0.5, 0.6) is 5.88 Å². The molecule has 0 unspecified atom stereocenters. The van der Waals surface area contributed by atoms with Gasteiger partial charge in [0.1, 0.15) is 11.7 Å². The first-order chi connectivity index (χ1) is 10.2. The van der Waals surface area contributed by atoms with E-state index in [0.29, 0.717) is 24.7 Å². The number of ether oxygens (including phenoxy) is 2. The molecule has 1 aliphatic rings. The summed E-state index contributed by atoms with van der Waals surface area (Å²) < 4.78 is 11.1. The molecule has 0 saturated carbocycles. The molecule has 22 heavy (non-hydrogen) atoms. The Kier molecular flexibility index (Phi) is 4.75. The zero-order valence-corrected chi connectivity index (χ0v) is 13.4. The van der Waals surface area contributed by atoms with Gasteiger partial charge in [0.15, 0.2) is 0 Å². The first-order valence-electron chi connectivity index (χ1n) is 7.26. The van der Waals surface area contributed by atoms with E-state index in [-0.39, 0.29) is 12.2 Å². The van der Waals surface area contributed by atoms with Gasteiger partial charge in [-0.05, 0) is 33.9 Å². The van der Waals surface area contributed by atoms with Crippen molar-refractivity contribution < 1.29 is 14.3 Å². The van der Waals surface area contributed by atoms with E-state index in [1.165, 1.54) is 13.2 Å². The van der Waals surface area contributed by atoms with Crippen LogP contribution in [0.25, 0.3) is 0 Å². The van der Waals surface area contributed by atoms with E-state index in [2.05, 4.69) is 4.98 Å². The van der Waals surface area contributed by atoms with Crippen molar-refractivity contribution in [2.75, 3.05) is 25.2 Å². The Hall–Kier alpha value is -2.02. The molecule has 1 atom stereocenters. The number of carbonyl (C=O) groups excluding carboxylic acids is 1. The summed E-state index contributed by atoms with van der Waals surface area (Å²) in [6.45, 7) is 6.59. The third-order valence-corrected chi connectivity index (χ3v) is 3.17. The predicted molar refractivity (Wildman–Crippen MR) is 82.8 cm³/mol. The van der Waals surface area contributed by atoms with Gasteiger partial charge in [-0.15, -0.1) is 0 Å². The van der Waals surface area contributed by atoms with E-state index in [1.54, 1.807) is 17.0 Å². The minimum Gasteiger partial charge on any atom is -0.758 e. The van der Waals surface area contributed by atoms with E-state index in [0.717, 1.165) is 11.5 Å². The third-order valence-electron chi connectivity index (χ3n) is 3.17. The average molecular weight is 308 g/mol. The summed E-state index contributed by atoms with van der Waals surface area (Å²) in [5, 5.41) is 11.8. The number of anilines is 1. The molecular formula is C15H22N3O4-. The maximum Gasteiger partial charge on any atom is 0.410 e. The maximum atomic E-state index is 12.0. The smallest absolute Gasteiger partial charge is 0.410 e. The van der Waals surface area contributed by atoms with Crippen molar-refractivity contribution in [3.05, 3.63) is 23.5 Å². The summed E-state index contributed by atoms with van der Waals surface area (Å²) in [6.07, 6.45) is 1.75. The van der Waals surface area contributed by atoms with Crippen molar-refractivity contribution in [1.29, 1.82) is 0 Å². The van der Waals surface area contributed by atoms with Crippen LogP contribution in [0.15, 0.2) is 18.3 Å². The Morgan fingerprint density at radius 3 is 2.73 bits per heavy atom. The molecule has 0 radical (unpaired) electrons. The molecule has 7 nitrogen and oxygen atoms in total. The molecule has 1 fully saturated rings. The molecule has 1 aromatic heterocycles. The second kappa shape index (κ2) is 6.39. The number of hydrogen-bond donors (Lipinski definition) is 0. The number of nitrogens with zero attached hydrogens (tertiary/aromatic N) is 3. The number of hydroxylamine groups is 1. The Morgan fingerprint density at radius 1 is 1.45 bits per heavy atom. The molecule has 0 aliphatic carbocycles. The summed E-state index contributed by atoms with van der Waals surface area (Å²) in [7, 11) is 1.41. The molecule has 0 N–H and O–H groups in total. The summed E-state index contributed by atoms with van der Waals surface area (Å²) in [4.78, 5) is 17.7. The molecule has 1 aliphatic heterocycles. The van der Waals surface area contributed by atoms with E-state index < -0.39 is 5.60 Å². The van der Waals surface area contributed by atoms with Crippen LogP contribution in [0, 0.1) is 5.21 Å². The monoisotopic (exact) mass is 308 g/mol. The fraction of sp³-hybridized carbons (Fsp3) is 0.600. The molecular weight excluding hydrogens is 286 g/mol. The lowest BCUT2D eigenvalue weighted by Gasteiger charge is -2.25. The number of aromatic nitrogens is 1. The zero-order chi connectivity index (χ0) is 16.3. The van der Waals surface area contributed by atoms with Gasteiger partial charge in [0.2, 0.25) is 5.88 Å². The third kappa shape index (κ3) is 4.49. The van der Waals surface area contributed by atoms with Gasteiger partial charge in [0.25, 0.3) is 0 Å². The predicted octanol–water partition coefficient (Wildman–Crippen LogP) is 2.40. The van der Waals surface area contributed by atoms with Crippen LogP contribution in [0.2, 0.25) is 0 Å². The molecule has 1 aromatic rings. The van der Waals surface area contributed by atoms with E-state index in [1.807, 2.05) is 20.8 Å². The summed E-state index contributed by atoms with van der Waals surface area (Å²) >= 11 is 0. The van der Waals surface area contributed by atoms with Crippen molar-refractivity contribution in [1.82, 2.24) is 9.88 Å². The lowest BCUT2D eigenvalue weighted by molar-refractivity contribution is 0.0275. The summed E-state index contributed by atoms with van der Waals surface area (Å²) in [6, 6.07) is 3.30. The highest BCUT2D eigenvalue weighted by molar-refractivity contribution is 5.68. The highest BCUT2D eigenvalue weighted by Crippen LogP contribution is 2.20. The zero-order valence-electron chi connectivity index (χ0n) is 13.4. The van der Waals surface area contributed by atoms with Crippen LogP contribution in [-0.2, 0) is 4.74 Å². The first kappa shape index (κ1) is 16.4. The van der Waals surface area contributed by atoms with Crippen molar-refractivity contribution in [2.45, 2.75) is 38.9 Å². The lowest BCUT2D eigenvalue weighted by Crippen LogP contribution is -2.36. The molecule has 7 heteroatoms. The van der Waals surface area contributed by atoms with Crippen molar-refractivity contribution in [2.24, 2.45) is 0 Å².